The number of halogens is 1. The van der Waals surface area contributed by atoms with Crippen molar-refractivity contribution in [2.45, 2.75) is 32.6 Å². The summed E-state index contributed by atoms with van der Waals surface area (Å²) in [4.78, 5) is 29.1. The third-order valence-corrected chi connectivity index (χ3v) is 4.65. The van der Waals surface area contributed by atoms with E-state index in [4.69, 9.17) is 11.6 Å². The molecule has 2 heterocycles. The van der Waals surface area contributed by atoms with Crippen molar-refractivity contribution < 1.29 is 9.59 Å². The molecular weight excluding hydrogens is 312 g/mol. The number of carbonyl (C=O) groups is 2. The number of imide groups is 1. The number of hydrogen-bond acceptors (Lipinski definition) is 3. The van der Waals surface area contributed by atoms with E-state index in [-0.39, 0.29) is 11.8 Å². The fourth-order valence-electron chi connectivity index (χ4n) is 3.28. The van der Waals surface area contributed by atoms with E-state index in [1.54, 1.807) is 12.1 Å². The van der Waals surface area contributed by atoms with Crippen molar-refractivity contribution in [3.63, 3.8) is 0 Å². The van der Waals surface area contributed by atoms with E-state index in [1.165, 1.54) is 11.3 Å². The smallest absolute Gasteiger partial charge is 0.277 e. The van der Waals surface area contributed by atoms with E-state index < -0.39 is 0 Å². The molecule has 0 radical (unpaired) electrons. The first-order valence-corrected chi connectivity index (χ1v) is 8.62. The van der Waals surface area contributed by atoms with Gasteiger partial charge in [-0.05, 0) is 43.4 Å². The highest BCUT2D eigenvalue weighted by Crippen LogP contribution is 2.33. The van der Waals surface area contributed by atoms with Crippen molar-refractivity contribution in [1.29, 1.82) is 0 Å². The first-order chi connectivity index (χ1) is 11.1. The van der Waals surface area contributed by atoms with Crippen LogP contribution in [0.25, 0.3) is 5.57 Å². The molecule has 0 N–H and O–H groups in total. The van der Waals surface area contributed by atoms with Gasteiger partial charge in [-0.3, -0.25) is 14.5 Å². The van der Waals surface area contributed by atoms with Crippen molar-refractivity contribution in [3.8, 4) is 0 Å². The number of piperidine rings is 1. The van der Waals surface area contributed by atoms with Crippen LogP contribution in [0.2, 0.25) is 5.02 Å². The van der Waals surface area contributed by atoms with Gasteiger partial charge >= 0.3 is 0 Å². The molecule has 0 aromatic heterocycles. The Hall–Kier alpha value is -1.81. The second kappa shape index (κ2) is 6.75. The zero-order chi connectivity index (χ0) is 16.4. The number of carbonyl (C=O) groups excluding carboxylic acids is 2. The summed E-state index contributed by atoms with van der Waals surface area (Å²) in [7, 11) is 0. The molecule has 0 saturated carbocycles. The lowest BCUT2D eigenvalue weighted by Gasteiger charge is -2.29. The minimum Gasteiger partial charge on any atom is -0.366 e. The molecule has 2 aliphatic heterocycles. The summed E-state index contributed by atoms with van der Waals surface area (Å²) in [6.07, 6.45) is 4.07. The quantitative estimate of drug-likeness (QED) is 0.794. The maximum Gasteiger partial charge on any atom is 0.277 e. The third kappa shape index (κ3) is 3.00. The van der Waals surface area contributed by atoms with Gasteiger partial charge in [-0.2, -0.15) is 0 Å². The number of benzene rings is 1. The Morgan fingerprint density at radius 3 is 2.26 bits per heavy atom. The molecule has 3 rings (SSSR count). The average Bonchev–Trinajstić information content (AvgIpc) is 2.81. The largest absolute Gasteiger partial charge is 0.366 e. The minimum atomic E-state index is -0.181. The summed E-state index contributed by atoms with van der Waals surface area (Å²) in [5.74, 6) is -0.330. The second-order valence-electron chi connectivity index (χ2n) is 6.04. The average molecular weight is 333 g/mol. The predicted octanol–water partition coefficient (Wildman–Crippen LogP) is 3.32. The highest BCUT2D eigenvalue weighted by atomic mass is 35.5. The molecule has 1 saturated heterocycles. The highest BCUT2D eigenvalue weighted by Gasteiger charge is 2.41. The molecule has 1 aromatic carbocycles. The van der Waals surface area contributed by atoms with Crippen LogP contribution in [0.1, 0.15) is 38.2 Å². The molecule has 0 spiro atoms. The van der Waals surface area contributed by atoms with E-state index in [0.717, 1.165) is 37.9 Å². The van der Waals surface area contributed by atoms with Crippen LogP contribution in [0.15, 0.2) is 30.0 Å². The van der Waals surface area contributed by atoms with Gasteiger partial charge in [-0.15, -0.1) is 0 Å². The molecule has 5 heteroatoms. The van der Waals surface area contributed by atoms with Gasteiger partial charge in [0.1, 0.15) is 5.70 Å². The van der Waals surface area contributed by atoms with Crippen molar-refractivity contribution in [1.82, 2.24) is 9.80 Å². The lowest BCUT2D eigenvalue weighted by atomic mass is 10.0. The Morgan fingerprint density at radius 1 is 1.00 bits per heavy atom. The lowest BCUT2D eigenvalue weighted by molar-refractivity contribution is -0.137. The number of likely N-dealkylation sites (tertiary alicyclic amines) is 1. The van der Waals surface area contributed by atoms with Crippen LogP contribution in [-0.2, 0) is 9.59 Å². The Morgan fingerprint density at radius 2 is 1.65 bits per heavy atom. The molecule has 0 aliphatic carbocycles. The lowest BCUT2D eigenvalue weighted by Crippen LogP contribution is -2.37. The Labute approximate surface area is 141 Å². The molecule has 0 bridgehead atoms. The molecule has 1 fully saturated rings. The van der Waals surface area contributed by atoms with Crippen LogP contribution in [0.3, 0.4) is 0 Å². The van der Waals surface area contributed by atoms with Gasteiger partial charge in [0.25, 0.3) is 11.8 Å². The van der Waals surface area contributed by atoms with Gasteiger partial charge in [0.15, 0.2) is 0 Å². The van der Waals surface area contributed by atoms with Crippen molar-refractivity contribution in [2.75, 3.05) is 19.6 Å². The maximum absolute atomic E-state index is 12.8. The first kappa shape index (κ1) is 16.1. The summed E-state index contributed by atoms with van der Waals surface area (Å²) in [5.41, 5.74) is 1.87. The van der Waals surface area contributed by atoms with Gasteiger partial charge < -0.3 is 4.90 Å². The number of amides is 2. The van der Waals surface area contributed by atoms with E-state index in [1.807, 2.05) is 19.1 Å². The number of rotatable bonds is 4. The Bertz CT molecular complexity index is 645. The summed E-state index contributed by atoms with van der Waals surface area (Å²) < 4.78 is 0. The van der Waals surface area contributed by atoms with Crippen molar-refractivity contribution in [3.05, 3.63) is 40.5 Å². The van der Waals surface area contributed by atoms with Crippen LogP contribution >= 0.6 is 11.6 Å². The fraction of sp³-hybridized carbons (Fsp3) is 0.444. The van der Waals surface area contributed by atoms with E-state index in [0.29, 0.717) is 22.8 Å². The van der Waals surface area contributed by atoms with Crippen LogP contribution in [0, 0.1) is 0 Å². The Kier molecular flexibility index (Phi) is 4.71. The summed E-state index contributed by atoms with van der Waals surface area (Å²) in [6, 6.07) is 7.17. The summed E-state index contributed by atoms with van der Waals surface area (Å²) in [5, 5.41) is 0.621. The molecule has 1 aromatic rings. The maximum atomic E-state index is 12.8. The summed E-state index contributed by atoms with van der Waals surface area (Å²) >= 11 is 5.96. The van der Waals surface area contributed by atoms with Crippen molar-refractivity contribution >= 4 is 29.0 Å². The highest BCUT2D eigenvalue weighted by molar-refractivity contribution is 6.36. The molecule has 122 valence electrons. The molecule has 23 heavy (non-hydrogen) atoms. The molecular formula is C18H21ClN2O2. The van der Waals surface area contributed by atoms with E-state index in [9.17, 15) is 9.59 Å². The van der Waals surface area contributed by atoms with Crippen LogP contribution in [-0.4, -0.2) is 41.2 Å². The van der Waals surface area contributed by atoms with Crippen LogP contribution < -0.4 is 0 Å². The third-order valence-electron chi connectivity index (χ3n) is 4.40. The second-order valence-corrected chi connectivity index (χ2v) is 6.48. The predicted molar refractivity (Wildman–Crippen MR) is 90.8 cm³/mol. The minimum absolute atomic E-state index is 0.149. The summed E-state index contributed by atoms with van der Waals surface area (Å²) in [6.45, 7) is 4.12. The van der Waals surface area contributed by atoms with Crippen LogP contribution in [0.5, 0.6) is 0 Å². The molecule has 2 aliphatic rings. The zero-order valence-corrected chi connectivity index (χ0v) is 14.1. The van der Waals surface area contributed by atoms with Gasteiger partial charge in [-0.1, -0.05) is 30.7 Å². The molecule has 2 amide bonds. The van der Waals surface area contributed by atoms with Gasteiger partial charge in [0.2, 0.25) is 0 Å². The molecule has 0 atom stereocenters. The van der Waals surface area contributed by atoms with Gasteiger partial charge in [0, 0.05) is 24.7 Å². The topological polar surface area (TPSA) is 40.6 Å². The first-order valence-electron chi connectivity index (χ1n) is 8.25. The monoisotopic (exact) mass is 332 g/mol. The van der Waals surface area contributed by atoms with Crippen molar-refractivity contribution in [2.24, 2.45) is 0 Å². The van der Waals surface area contributed by atoms with Gasteiger partial charge in [-0.25, -0.2) is 0 Å². The number of nitrogens with zero attached hydrogens (tertiary/aromatic N) is 2. The van der Waals surface area contributed by atoms with E-state index in [2.05, 4.69) is 4.90 Å². The van der Waals surface area contributed by atoms with Gasteiger partial charge in [0.05, 0.1) is 5.57 Å². The zero-order valence-electron chi connectivity index (χ0n) is 13.3. The van der Waals surface area contributed by atoms with E-state index >= 15 is 0 Å². The Balaban J connectivity index is 2.06. The van der Waals surface area contributed by atoms with Crippen LogP contribution in [0.4, 0.5) is 0 Å². The molecule has 0 unspecified atom stereocenters. The SMILES string of the molecule is CCCN1C(=O)C(c2ccc(Cl)cc2)=C(N2CCCCC2)C1=O. The number of hydrogen-bond donors (Lipinski definition) is 0. The fourth-order valence-corrected chi connectivity index (χ4v) is 3.40. The molecule has 4 nitrogen and oxygen atoms in total. The standard InChI is InChI=1S/C18H21ClN2O2/c1-2-10-21-17(22)15(13-6-8-14(19)9-7-13)16(18(21)23)20-11-4-3-5-12-20/h6-9H,2-5,10-12H2,1H3. The normalized spacial score (nSPS) is 19.0.